The number of nitrogens with zero attached hydrogens (tertiary/aromatic N) is 1. The second-order valence-corrected chi connectivity index (χ2v) is 6.55. The minimum absolute atomic E-state index is 0.0187. The van der Waals surface area contributed by atoms with E-state index in [0.29, 0.717) is 19.4 Å². The summed E-state index contributed by atoms with van der Waals surface area (Å²) in [5.41, 5.74) is 0.858. The van der Waals surface area contributed by atoms with E-state index in [1.54, 1.807) is 4.90 Å². The Morgan fingerprint density at radius 1 is 1.30 bits per heavy atom. The van der Waals surface area contributed by atoms with Gasteiger partial charge in [0.1, 0.15) is 0 Å². The Labute approximate surface area is 120 Å². The molecule has 1 aromatic carbocycles. The summed E-state index contributed by atoms with van der Waals surface area (Å²) in [4.78, 5) is 25.7. The Morgan fingerprint density at radius 3 is 2.55 bits per heavy atom. The largest absolute Gasteiger partial charge is 0.351 e. The first-order chi connectivity index (χ1) is 9.35. The van der Waals surface area contributed by atoms with Crippen LogP contribution in [0.25, 0.3) is 0 Å². The van der Waals surface area contributed by atoms with Crippen molar-refractivity contribution in [2.75, 3.05) is 11.4 Å². The summed E-state index contributed by atoms with van der Waals surface area (Å²) in [6.45, 7) is 6.65. The smallest absolute Gasteiger partial charge is 0.229 e. The Kier molecular flexibility index (Phi) is 4.12. The van der Waals surface area contributed by atoms with Crippen LogP contribution in [0.2, 0.25) is 0 Å². The summed E-state index contributed by atoms with van der Waals surface area (Å²) in [6, 6.07) is 9.49. The minimum Gasteiger partial charge on any atom is -0.351 e. The number of hydrogen-bond acceptors (Lipinski definition) is 2. The predicted molar refractivity (Wildman–Crippen MR) is 79.4 cm³/mol. The van der Waals surface area contributed by atoms with Gasteiger partial charge in [0.15, 0.2) is 0 Å². The van der Waals surface area contributed by atoms with E-state index in [9.17, 15) is 9.59 Å². The van der Waals surface area contributed by atoms with Crippen molar-refractivity contribution in [3.63, 3.8) is 0 Å². The fourth-order valence-electron chi connectivity index (χ4n) is 2.42. The monoisotopic (exact) mass is 274 g/mol. The van der Waals surface area contributed by atoms with Gasteiger partial charge < -0.3 is 10.2 Å². The van der Waals surface area contributed by atoms with Gasteiger partial charge in [-0.1, -0.05) is 39.0 Å². The molecule has 0 aromatic heterocycles. The van der Waals surface area contributed by atoms with Gasteiger partial charge in [0.2, 0.25) is 11.8 Å². The highest BCUT2D eigenvalue weighted by molar-refractivity contribution is 5.96. The molecule has 1 heterocycles. The van der Waals surface area contributed by atoms with Crippen LogP contribution in [0.5, 0.6) is 0 Å². The number of amides is 2. The Morgan fingerprint density at radius 2 is 1.95 bits per heavy atom. The minimum atomic E-state index is -0.0856. The fraction of sp³-hybridized carbons (Fsp3) is 0.500. The molecule has 2 rings (SSSR count). The van der Waals surface area contributed by atoms with Crippen molar-refractivity contribution in [1.82, 2.24) is 5.32 Å². The third-order valence-electron chi connectivity index (χ3n) is 3.25. The zero-order valence-electron chi connectivity index (χ0n) is 12.3. The number of rotatable bonds is 3. The van der Waals surface area contributed by atoms with Crippen molar-refractivity contribution in [1.29, 1.82) is 0 Å². The maximum absolute atomic E-state index is 12.0. The third kappa shape index (κ3) is 3.83. The number of para-hydroxylation sites is 1. The number of carbonyl (C=O) groups is 2. The van der Waals surface area contributed by atoms with E-state index >= 15 is 0 Å². The molecule has 1 aromatic rings. The van der Waals surface area contributed by atoms with Crippen LogP contribution in [0.1, 0.15) is 33.6 Å². The van der Waals surface area contributed by atoms with E-state index in [4.69, 9.17) is 0 Å². The molecule has 1 aliphatic heterocycles. The van der Waals surface area contributed by atoms with Gasteiger partial charge in [-0.05, 0) is 17.5 Å². The van der Waals surface area contributed by atoms with Gasteiger partial charge in [-0.2, -0.15) is 0 Å². The quantitative estimate of drug-likeness (QED) is 0.919. The molecular formula is C16H22N2O2. The fourth-order valence-corrected chi connectivity index (χ4v) is 2.42. The maximum Gasteiger partial charge on any atom is 0.229 e. The van der Waals surface area contributed by atoms with Gasteiger partial charge in [0.25, 0.3) is 0 Å². The van der Waals surface area contributed by atoms with E-state index in [1.807, 2.05) is 51.1 Å². The zero-order chi connectivity index (χ0) is 14.8. The van der Waals surface area contributed by atoms with Gasteiger partial charge >= 0.3 is 0 Å². The average molecular weight is 274 g/mol. The Bertz CT molecular complexity index is 491. The number of carbonyl (C=O) groups excluding carboxylic acids is 2. The lowest BCUT2D eigenvalue weighted by Gasteiger charge is -2.20. The van der Waals surface area contributed by atoms with Crippen LogP contribution in [0.3, 0.4) is 0 Å². The van der Waals surface area contributed by atoms with E-state index in [2.05, 4.69) is 5.32 Å². The molecule has 2 amide bonds. The molecule has 20 heavy (non-hydrogen) atoms. The van der Waals surface area contributed by atoms with Gasteiger partial charge in [-0.15, -0.1) is 0 Å². The maximum atomic E-state index is 12.0. The molecule has 0 bridgehead atoms. The molecule has 1 N–H and O–H groups in total. The standard InChI is InChI=1S/C16H22N2O2/c1-16(2,3)10-14(19)17-12-9-15(20)18(11-12)13-7-5-4-6-8-13/h4-8,12H,9-11H2,1-3H3,(H,17,19). The SMILES string of the molecule is CC(C)(C)CC(=O)NC1CC(=O)N(c2ccccc2)C1. The van der Waals surface area contributed by atoms with E-state index in [-0.39, 0.29) is 23.3 Å². The Hall–Kier alpha value is -1.84. The highest BCUT2D eigenvalue weighted by atomic mass is 16.2. The first-order valence-electron chi connectivity index (χ1n) is 7.00. The number of nitrogens with one attached hydrogen (secondary N) is 1. The second-order valence-electron chi connectivity index (χ2n) is 6.55. The molecule has 1 atom stereocenters. The summed E-state index contributed by atoms with van der Waals surface area (Å²) < 4.78 is 0. The first-order valence-corrected chi connectivity index (χ1v) is 7.00. The van der Waals surface area contributed by atoms with Crippen molar-refractivity contribution < 1.29 is 9.59 Å². The van der Waals surface area contributed by atoms with Crippen molar-refractivity contribution in [2.45, 2.75) is 39.7 Å². The van der Waals surface area contributed by atoms with Crippen LogP contribution in [-0.4, -0.2) is 24.4 Å². The molecule has 1 saturated heterocycles. The summed E-state index contributed by atoms with van der Waals surface area (Å²) in [5, 5.41) is 2.96. The second kappa shape index (κ2) is 5.65. The van der Waals surface area contributed by atoms with Gasteiger partial charge in [-0.3, -0.25) is 9.59 Å². The lowest BCUT2D eigenvalue weighted by molar-refractivity contribution is -0.123. The first kappa shape index (κ1) is 14.6. The van der Waals surface area contributed by atoms with E-state index in [1.165, 1.54) is 0 Å². The van der Waals surface area contributed by atoms with Crippen molar-refractivity contribution in [3.8, 4) is 0 Å². The van der Waals surface area contributed by atoms with Gasteiger partial charge in [0, 0.05) is 25.1 Å². The summed E-state index contributed by atoms with van der Waals surface area (Å²) in [5.74, 6) is 0.0856. The number of hydrogen-bond donors (Lipinski definition) is 1. The molecule has 4 heteroatoms. The van der Waals surface area contributed by atoms with Crippen LogP contribution in [-0.2, 0) is 9.59 Å². The molecule has 1 aliphatic rings. The predicted octanol–water partition coefficient (Wildman–Crippen LogP) is 2.34. The molecule has 0 aliphatic carbocycles. The van der Waals surface area contributed by atoms with Crippen molar-refractivity contribution >= 4 is 17.5 Å². The lowest BCUT2D eigenvalue weighted by Crippen LogP contribution is -2.38. The van der Waals surface area contributed by atoms with Crippen molar-refractivity contribution in [2.24, 2.45) is 5.41 Å². The van der Waals surface area contributed by atoms with E-state index < -0.39 is 0 Å². The molecule has 0 radical (unpaired) electrons. The van der Waals surface area contributed by atoms with Crippen LogP contribution in [0, 0.1) is 5.41 Å². The van der Waals surface area contributed by atoms with Crippen LogP contribution >= 0.6 is 0 Å². The molecule has 4 nitrogen and oxygen atoms in total. The highest BCUT2D eigenvalue weighted by Crippen LogP contribution is 2.22. The summed E-state index contributed by atoms with van der Waals surface area (Å²) in [6.07, 6.45) is 0.855. The molecule has 108 valence electrons. The van der Waals surface area contributed by atoms with Gasteiger partial charge in [0.05, 0.1) is 6.04 Å². The van der Waals surface area contributed by atoms with Crippen LogP contribution < -0.4 is 10.2 Å². The van der Waals surface area contributed by atoms with Crippen LogP contribution in [0.15, 0.2) is 30.3 Å². The molecule has 0 spiro atoms. The normalized spacial score (nSPS) is 19.2. The van der Waals surface area contributed by atoms with Gasteiger partial charge in [-0.25, -0.2) is 0 Å². The summed E-state index contributed by atoms with van der Waals surface area (Å²) in [7, 11) is 0. The summed E-state index contributed by atoms with van der Waals surface area (Å²) >= 11 is 0. The molecular weight excluding hydrogens is 252 g/mol. The zero-order valence-corrected chi connectivity index (χ0v) is 12.3. The average Bonchev–Trinajstić information content (AvgIpc) is 2.68. The van der Waals surface area contributed by atoms with E-state index in [0.717, 1.165) is 5.69 Å². The molecule has 1 fully saturated rings. The molecule has 1 unspecified atom stereocenters. The number of benzene rings is 1. The Balaban J connectivity index is 1.94. The third-order valence-corrected chi connectivity index (χ3v) is 3.25. The highest BCUT2D eigenvalue weighted by Gasteiger charge is 2.31. The molecule has 0 saturated carbocycles. The number of anilines is 1. The van der Waals surface area contributed by atoms with Crippen LogP contribution in [0.4, 0.5) is 5.69 Å². The topological polar surface area (TPSA) is 49.4 Å². The van der Waals surface area contributed by atoms with Crippen molar-refractivity contribution in [3.05, 3.63) is 30.3 Å². The lowest BCUT2D eigenvalue weighted by atomic mass is 9.92.